The summed E-state index contributed by atoms with van der Waals surface area (Å²) in [6.45, 7) is 0. The summed E-state index contributed by atoms with van der Waals surface area (Å²) in [6, 6.07) is 15.1. The summed E-state index contributed by atoms with van der Waals surface area (Å²) in [7, 11) is 0. The first-order valence-electron chi connectivity index (χ1n) is 9.00. The third-order valence-corrected chi connectivity index (χ3v) is 5.84. The maximum atomic E-state index is 13.5. The monoisotopic (exact) mass is 468 g/mol. The van der Waals surface area contributed by atoms with Gasteiger partial charge in [0.1, 0.15) is 0 Å². The molecule has 9 heteroatoms. The van der Waals surface area contributed by atoms with Crippen LogP contribution >= 0.6 is 34.5 Å². The van der Waals surface area contributed by atoms with E-state index in [9.17, 15) is 9.59 Å². The van der Waals surface area contributed by atoms with Crippen molar-refractivity contribution in [3.05, 3.63) is 93.5 Å². The van der Waals surface area contributed by atoms with E-state index >= 15 is 0 Å². The summed E-state index contributed by atoms with van der Waals surface area (Å²) in [6.07, 6.45) is 3.28. The molecule has 4 aromatic rings. The number of rotatable bonds is 5. The molecule has 2 aromatic carbocycles. The molecule has 0 spiro atoms. The minimum atomic E-state index is -0.668. The largest absolute Gasteiger partial charge is 0.366 e. The number of carbonyl (C=O) groups is 2. The molecular formula is C22H14Cl2N4O2S. The van der Waals surface area contributed by atoms with E-state index in [0.29, 0.717) is 27.1 Å². The highest BCUT2D eigenvalue weighted by Crippen LogP contribution is 2.35. The second kappa shape index (κ2) is 8.85. The summed E-state index contributed by atoms with van der Waals surface area (Å²) in [5.41, 5.74) is 7.64. The zero-order valence-electron chi connectivity index (χ0n) is 15.8. The lowest BCUT2D eigenvalue weighted by Gasteiger charge is -2.21. The summed E-state index contributed by atoms with van der Waals surface area (Å²) in [5, 5.41) is 2.84. The predicted octanol–water partition coefficient (Wildman–Crippen LogP) is 5.59. The van der Waals surface area contributed by atoms with Crippen LogP contribution < -0.4 is 10.6 Å². The van der Waals surface area contributed by atoms with Gasteiger partial charge in [0.15, 0.2) is 5.13 Å². The molecule has 2 N–H and O–H groups in total. The maximum absolute atomic E-state index is 13.5. The van der Waals surface area contributed by atoms with E-state index in [4.69, 9.17) is 28.9 Å². The van der Waals surface area contributed by atoms with Crippen LogP contribution in [0.3, 0.4) is 0 Å². The molecular weight excluding hydrogens is 455 g/mol. The number of benzene rings is 2. The number of pyridine rings is 1. The molecule has 0 radical (unpaired) electrons. The number of amides is 2. The Kier molecular flexibility index (Phi) is 5.99. The number of hydrogen-bond acceptors (Lipinski definition) is 5. The fraction of sp³-hybridized carbons (Fsp3) is 0. The van der Waals surface area contributed by atoms with Gasteiger partial charge in [-0.25, -0.2) is 4.98 Å². The third-order valence-electron chi connectivity index (χ3n) is 4.44. The number of halogens is 2. The first-order valence-corrected chi connectivity index (χ1v) is 10.6. The zero-order valence-corrected chi connectivity index (χ0v) is 18.2. The molecule has 0 aliphatic heterocycles. The minimum absolute atomic E-state index is 0.0997. The normalized spacial score (nSPS) is 10.6. The Morgan fingerprint density at radius 3 is 2.42 bits per heavy atom. The number of anilines is 2. The molecule has 31 heavy (non-hydrogen) atoms. The fourth-order valence-corrected chi connectivity index (χ4v) is 4.14. The van der Waals surface area contributed by atoms with E-state index in [-0.39, 0.29) is 22.1 Å². The third kappa shape index (κ3) is 4.29. The molecule has 0 bridgehead atoms. The van der Waals surface area contributed by atoms with Crippen LogP contribution in [0.2, 0.25) is 10.0 Å². The van der Waals surface area contributed by atoms with Gasteiger partial charge in [-0.05, 0) is 48.5 Å². The van der Waals surface area contributed by atoms with E-state index in [0.717, 1.165) is 0 Å². The highest BCUT2D eigenvalue weighted by molar-refractivity contribution is 7.14. The van der Waals surface area contributed by atoms with Crippen molar-refractivity contribution < 1.29 is 9.59 Å². The van der Waals surface area contributed by atoms with Crippen LogP contribution in [0.4, 0.5) is 10.8 Å². The van der Waals surface area contributed by atoms with Gasteiger partial charge in [-0.2, -0.15) is 0 Å². The van der Waals surface area contributed by atoms with Crippen molar-refractivity contribution in [2.45, 2.75) is 0 Å². The van der Waals surface area contributed by atoms with E-state index in [1.165, 1.54) is 34.4 Å². The van der Waals surface area contributed by atoms with Crippen LogP contribution in [-0.4, -0.2) is 21.8 Å². The molecule has 0 aliphatic carbocycles. The number of hydrogen-bond donors (Lipinski definition) is 1. The molecule has 6 nitrogen and oxygen atoms in total. The minimum Gasteiger partial charge on any atom is -0.366 e. The van der Waals surface area contributed by atoms with Crippen LogP contribution in [0, 0.1) is 0 Å². The Morgan fingerprint density at radius 2 is 1.77 bits per heavy atom. The van der Waals surface area contributed by atoms with Crippen LogP contribution in [0.15, 0.2) is 72.4 Å². The predicted molar refractivity (Wildman–Crippen MR) is 123 cm³/mol. The van der Waals surface area contributed by atoms with Gasteiger partial charge in [0, 0.05) is 28.9 Å². The van der Waals surface area contributed by atoms with Gasteiger partial charge in [0.25, 0.3) is 5.91 Å². The topological polar surface area (TPSA) is 89.2 Å². The van der Waals surface area contributed by atoms with Crippen molar-refractivity contribution in [1.82, 2.24) is 9.97 Å². The number of aromatic nitrogens is 2. The summed E-state index contributed by atoms with van der Waals surface area (Å²) in [5.74, 6) is -1.04. The highest BCUT2D eigenvalue weighted by Gasteiger charge is 2.24. The number of nitrogens with zero attached hydrogens (tertiary/aromatic N) is 3. The van der Waals surface area contributed by atoms with E-state index < -0.39 is 5.91 Å². The Morgan fingerprint density at radius 1 is 0.935 bits per heavy atom. The number of nitrogens with two attached hydrogens (primary N) is 1. The zero-order chi connectivity index (χ0) is 22.0. The molecule has 0 unspecified atom stereocenters. The second-order valence-electron chi connectivity index (χ2n) is 6.39. The average Bonchev–Trinajstić information content (AvgIpc) is 3.29. The van der Waals surface area contributed by atoms with Gasteiger partial charge in [-0.3, -0.25) is 19.5 Å². The Hall–Kier alpha value is -3.26. The van der Waals surface area contributed by atoms with Crippen molar-refractivity contribution in [2.75, 3.05) is 4.90 Å². The van der Waals surface area contributed by atoms with E-state index in [2.05, 4.69) is 9.97 Å². The molecule has 0 saturated carbocycles. The molecule has 0 aliphatic rings. The quantitative estimate of drug-likeness (QED) is 0.413. The fourth-order valence-electron chi connectivity index (χ4n) is 2.99. The van der Waals surface area contributed by atoms with Crippen molar-refractivity contribution in [3.63, 3.8) is 0 Å². The molecule has 0 saturated heterocycles. The summed E-state index contributed by atoms with van der Waals surface area (Å²) >= 11 is 13.9. The smallest absolute Gasteiger partial charge is 0.264 e. The number of carbonyl (C=O) groups excluding carboxylic acids is 2. The van der Waals surface area contributed by atoms with Gasteiger partial charge in [-0.15, -0.1) is 11.3 Å². The van der Waals surface area contributed by atoms with Gasteiger partial charge in [-0.1, -0.05) is 29.3 Å². The molecule has 0 atom stereocenters. The van der Waals surface area contributed by atoms with Crippen molar-refractivity contribution in [1.29, 1.82) is 0 Å². The number of thiazole rings is 1. The molecule has 2 heterocycles. The lowest BCUT2D eigenvalue weighted by molar-refractivity contribution is 0.0988. The summed E-state index contributed by atoms with van der Waals surface area (Å²) in [4.78, 5) is 35.1. The molecule has 2 amide bonds. The number of primary amides is 1. The maximum Gasteiger partial charge on any atom is 0.264 e. The molecule has 4 rings (SSSR count). The SMILES string of the molecule is NC(=O)c1ccc(C(=O)N(c2ccc(Cl)c(-c3ccccn3)c2)c2nccs2)cc1Cl. The Bertz CT molecular complexity index is 1260. The lowest BCUT2D eigenvalue weighted by Crippen LogP contribution is -2.26. The van der Waals surface area contributed by atoms with E-state index in [1.807, 2.05) is 18.2 Å². The molecule has 2 aromatic heterocycles. The van der Waals surface area contributed by atoms with Gasteiger partial charge >= 0.3 is 0 Å². The lowest BCUT2D eigenvalue weighted by atomic mass is 10.1. The first kappa shape index (κ1) is 21.0. The highest BCUT2D eigenvalue weighted by atomic mass is 35.5. The standard InChI is InChI=1S/C22H14Cl2N4O2S/c23-17-7-5-14(12-16(17)19-3-1-2-8-26-19)28(22-27-9-10-31-22)21(30)13-4-6-15(20(25)29)18(24)11-13/h1-12H,(H2,25,29). The van der Waals surface area contributed by atoms with Crippen LogP contribution in [0.5, 0.6) is 0 Å². The van der Waals surface area contributed by atoms with Gasteiger partial charge in [0.05, 0.1) is 27.0 Å². The van der Waals surface area contributed by atoms with Crippen molar-refractivity contribution in [3.8, 4) is 11.3 Å². The average molecular weight is 469 g/mol. The van der Waals surface area contributed by atoms with Crippen LogP contribution in [0.25, 0.3) is 11.3 Å². The van der Waals surface area contributed by atoms with Crippen LogP contribution in [-0.2, 0) is 0 Å². The van der Waals surface area contributed by atoms with Crippen molar-refractivity contribution >= 4 is 57.2 Å². The van der Waals surface area contributed by atoms with Gasteiger partial charge in [0.2, 0.25) is 5.91 Å². The Labute approximate surface area is 191 Å². The van der Waals surface area contributed by atoms with Gasteiger partial charge < -0.3 is 5.73 Å². The second-order valence-corrected chi connectivity index (χ2v) is 8.08. The summed E-state index contributed by atoms with van der Waals surface area (Å²) < 4.78 is 0. The van der Waals surface area contributed by atoms with Crippen LogP contribution in [0.1, 0.15) is 20.7 Å². The Balaban J connectivity index is 1.81. The first-order chi connectivity index (χ1) is 15.0. The molecule has 0 fully saturated rings. The van der Waals surface area contributed by atoms with Crippen molar-refractivity contribution in [2.24, 2.45) is 5.73 Å². The molecule has 154 valence electrons. The van der Waals surface area contributed by atoms with E-state index in [1.54, 1.807) is 36.0 Å².